The highest BCUT2D eigenvalue weighted by Crippen LogP contribution is 2.46. The minimum Gasteiger partial charge on any atom is -0.480 e. The topological polar surface area (TPSA) is 116 Å². The molecular formula is C15H28BN3O4. The Morgan fingerprint density at radius 2 is 2.22 bits per heavy atom. The van der Waals surface area contributed by atoms with Crippen LogP contribution in [0.2, 0.25) is 13.1 Å². The predicted octanol–water partition coefficient (Wildman–Crippen LogP) is -0.239. The highest BCUT2D eigenvalue weighted by Gasteiger charge is 2.57. The van der Waals surface area contributed by atoms with Gasteiger partial charge in [-0.15, -0.1) is 0 Å². The van der Waals surface area contributed by atoms with Crippen molar-refractivity contribution >= 4 is 18.8 Å². The molecule has 2 heterocycles. The Morgan fingerprint density at radius 3 is 2.78 bits per heavy atom. The summed E-state index contributed by atoms with van der Waals surface area (Å²) >= 11 is 0. The third-order valence-electron chi connectivity index (χ3n) is 5.36. The van der Waals surface area contributed by atoms with Gasteiger partial charge >= 0.3 is 5.97 Å². The van der Waals surface area contributed by atoms with Crippen LogP contribution in [0.15, 0.2) is 0 Å². The molecule has 1 amide bonds. The van der Waals surface area contributed by atoms with Crippen LogP contribution < -0.4 is 11.1 Å². The maximum Gasteiger partial charge on any atom is 0.321 e. The Hall–Kier alpha value is -1.12. The van der Waals surface area contributed by atoms with Gasteiger partial charge in [-0.1, -0.05) is 13.2 Å². The van der Waals surface area contributed by atoms with Crippen LogP contribution >= 0.6 is 0 Å². The second kappa shape index (κ2) is 7.19. The van der Waals surface area contributed by atoms with E-state index in [9.17, 15) is 19.7 Å². The molecule has 0 bridgehead atoms. The Bertz CT molecular complexity index is 460. The molecule has 2 saturated heterocycles. The van der Waals surface area contributed by atoms with E-state index in [1.165, 1.54) is 0 Å². The molecule has 2 aliphatic rings. The number of amides is 1. The number of hydrogen-bond donors (Lipinski definition) is 4. The van der Waals surface area contributed by atoms with Gasteiger partial charge in [0.2, 0.25) is 5.91 Å². The smallest absolute Gasteiger partial charge is 0.321 e. The molecule has 7 nitrogen and oxygen atoms in total. The van der Waals surface area contributed by atoms with Gasteiger partial charge in [0, 0.05) is 18.5 Å². The minimum atomic E-state index is -0.861. The molecule has 0 aromatic rings. The number of fused-ring (bicyclic) bond motifs is 1. The van der Waals surface area contributed by atoms with E-state index < -0.39 is 30.4 Å². The van der Waals surface area contributed by atoms with E-state index in [-0.39, 0.29) is 11.9 Å². The number of carbonyl (C=O) groups is 2. The molecule has 4 atom stereocenters. The van der Waals surface area contributed by atoms with Crippen molar-refractivity contribution in [1.29, 1.82) is 0 Å². The fourth-order valence-corrected chi connectivity index (χ4v) is 4.32. The largest absolute Gasteiger partial charge is 0.480 e. The van der Waals surface area contributed by atoms with Crippen LogP contribution in [0, 0.1) is 5.41 Å². The van der Waals surface area contributed by atoms with Crippen LogP contribution in [0.5, 0.6) is 0 Å². The van der Waals surface area contributed by atoms with Crippen molar-refractivity contribution in [3.05, 3.63) is 0 Å². The van der Waals surface area contributed by atoms with E-state index in [0.29, 0.717) is 25.8 Å². The summed E-state index contributed by atoms with van der Waals surface area (Å²) in [5, 5.41) is 22.2. The first-order valence-electron chi connectivity index (χ1n) is 8.50. The summed E-state index contributed by atoms with van der Waals surface area (Å²) in [6.45, 7) is 4.14. The molecule has 130 valence electrons. The standard InChI is InChI=1S/C15H28BN3O4/c1-10(17)13(20)19-8-4-6-15(5-3-7-16(2)23)11(19)9-18-12(15)14(21)22/h10-12,18,23H,3-9,17H2,1-2H3,(H,21,22). The highest BCUT2D eigenvalue weighted by atomic mass is 16.4. The van der Waals surface area contributed by atoms with Gasteiger partial charge in [0.25, 0.3) is 6.92 Å². The van der Waals surface area contributed by atoms with E-state index >= 15 is 0 Å². The molecule has 5 N–H and O–H groups in total. The summed E-state index contributed by atoms with van der Waals surface area (Å²) < 4.78 is 0. The van der Waals surface area contributed by atoms with Gasteiger partial charge in [-0.25, -0.2) is 0 Å². The van der Waals surface area contributed by atoms with Crippen molar-refractivity contribution < 1.29 is 19.7 Å². The fourth-order valence-electron chi connectivity index (χ4n) is 4.32. The van der Waals surface area contributed by atoms with E-state index in [1.54, 1.807) is 18.6 Å². The minimum absolute atomic E-state index is 0.109. The van der Waals surface area contributed by atoms with Crippen molar-refractivity contribution in [1.82, 2.24) is 10.2 Å². The van der Waals surface area contributed by atoms with Gasteiger partial charge in [0.15, 0.2) is 0 Å². The van der Waals surface area contributed by atoms with E-state index in [4.69, 9.17) is 5.73 Å². The number of nitrogens with two attached hydrogens (primary N) is 1. The lowest BCUT2D eigenvalue weighted by Crippen LogP contribution is -2.59. The molecule has 0 aromatic carbocycles. The van der Waals surface area contributed by atoms with Gasteiger partial charge in [0.1, 0.15) is 6.04 Å². The second-order valence-corrected chi connectivity index (χ2v) is 7.09. The van der Waals surface area contributed by atoms with Crippen molar-refractivity contribution in [2.45, 2.75) is 63.9 Å². The average molecular weight is 325 g/mol. The average Bonchev–Trinajstić information content (AvgIpc) is 2.85. The number of carboxylic acids is 1. The first-order chi connectivity index (χ1) is 10.8. The second-order valence-electron chi connectivity index (χ2n) is 7.09. The van der Waals surface area contributed by atoms with Crippen molar-refractivity contribution in [3.63, 3.8) is 0 Å². The summed E-state index contributed by atoms with van der Waals surface area (Å²) in [5.41, 5.74) is 5.30. The number of nitrogens with one attached hydrogen (secondary N) is 1. The molecule has 4 unspecified atom stereocenters. The van der Waals surface area contributed by atoms with E-state index in [2.05, 4.69) is 5.32 Å². The third-order valence-corrected chi connectivity index (χ3v) is 5.36. The van der Waals surface area contributed by atoms with Gasteiger partial charge in [-0.05, 0) is 32.5 Å². The third kappa shape index (κ3) is 3.54. The Morgan fingerprint density at radius 1 is 1.52 bits per heavy atom. The van der Waals surface area contributed by atoms with Crippen LogP contribution in [-0.4, -0.2) is 65.0 Å². The zero-order valence-corrected chi connectivity index (χ0v) is 14.0. The van der Waals surface area contributed by atoms with Crippen molar-refractivity contribution in [2.24, 2.45) is 11.1 Å². The summed E-state index contributed by atoms with van der Waals surface area (Å²) in [6.07, 6.45) is 3.65. The Labute approximate surface area is 137 Å². The van der Waals surface area contributed by atoms with Gasteiger partial charge in [0.05, 0.1) is 12.1 Å². The molecule has 0 aromatic heterocycles. The number of nitrogens with zero attached hydrogens (tertiary/aromatic N) is 1. The zero-order chi connectivity index (χ0) is 17.2. The summed E-state index contributed by atoms with van der Waals surface area (Å²) in [5.74, 6) is -0.970. The Kier molecular flexibility index (Phi) is 5.70. The van der Waals surface area contributed by atoms with Gasteiger partial charge in [-0.3, -0.25) is 9.59 Å². The van der Waals surface area contributed by atoms with Crippen molar-refractivity contribution in [3.8, 4) is 0 Å². The molecule has 0 spiro atoms. The predicted molar refractivity (Wildman–Crippen MR) is 88.1 cm³/mol. The number of aliphatic carboxylic acids is 1. The first-order valence-corrected chi connectivity index (χ1v) is 8.50. The molecule has 0 saturated carbocycles. The summed E-state index contributed by atoms with van der Waals surface area (Å²) in [4.78, 5) is 25.9. The number of likely N-dealkylation sites (tertiary alicyclic amines) is 1. The van der Waals surface area contributed by atoms with Crippen LogP contribution in [0.1, 0.15) is 32.6 Å². The molecule has 2 aliphatic heterocycles. The van der Waals surface area contributed by atoms with Crippen LogP contribution in [0.4, 0.5) is 0 Å². The quantitative estimate of drug-likeness (QED) is 0.501. The van der Waals surface area contributed by atoms with Crippen LogP contribution in [0.25, 0.3) is 0 Å². The molecule has 0 radical (unpaired) electrons. The van der Waals surface area contributed by atoms with Gasteiger partial charge < -0.3 is 26.1 Å². The number of carbonyl (C=O) groups excluding carboxylic acids is 1. The number of carboxylic acid groups (broad SMARTS) is 1. The highest BCUT2D eigenvalue weighted by molar-refractivity contribution is 6.48. The van der Waals surface area contributed by atoms with Gasteiger partial charge in [-0.2, -0.15) is 0 Å². The van der Waals surface area contributed by atoms with Crippen molar-refractivity contribution in [2.75, 3.05) is 13.1 Å². The lowest BCUT2D eigenvalue weighted by atomic mass is 9.62. The lowest BCUT2D eigenvalue weighted by Gasteiger charge is -2.48. The molecule has 23 heavy (non-hydrogen) atoms. The Balaban J connectivity index is 2.25. The first kappa shape index (κ1) is 18.2. The molecule has 2 fully saturated rings. The number of rotatable bonds is 6. The van der Waals surface area contributed by atoms with Crippen LogP contribution in [-0.2, 0) is 9.59 Å². The number of hydrogen-bond acceptors (Lipinski definition) is 5. The lowest BCUT2D eigenvalue weighted by molar-refractivity contribution is -0.148. The summed E-state index contributed by atoms with van der Waals surface area (Å²) in [6, 6.07) is -1.36. The maximum atomic E-state index is 12.4. The summed E-state index contributed by atoms with van der Waals surface area (Å²) in [7, 11) is 0. The SMILES string of the molecule is CB(O)CCCC12CCCN(C(=O)C(C)N)C1CNC2C(=O)O. The molecule has 0 aliphatic carbocycles. The number of piperidine rings is 1. The monoisotopic (exact) mass is 325 g/mol. The van der Waals surface area contributed by atoms with E-state index in [0.717, 1.165) is 19.3 Å². The van der Waals surface area contributed by atoms with E-state index in [1.807, 2.05) is 0 Å². The zero-order valence-electron chi connectivity index (χ0n) is 14.0. The molecular weight excluding hydrogens is 297 g/mol. The molecule has 2 rings (SSSR count). The van der Waals surface area contributed by atoms with Crippen LogP contribution in [0.3, 0.4) is 0 Å². The normalized spacial score (nSPS) is 31.6. The molecule has 8 heteroatoms. The maximum absolute atomic E-state index is 12.4. The fraction of sp³-hybridized carbons (Fsp3) is 0.867.